The fourth-order valence-electron chi connectivity index (χ4n) is 0.199. The first-order valence-corrected chi connectivity index (χ1v) is 2.25. The van der Waals surface area contributed by atoms with Crippen molar-refractivity contribution in [2.24, 2.45) is 0 Å². The third kappa shape index (κ3) is 4.01. The molecular formula is C4H10O4. The first-order chi connectivity index (χ1) is 3.81. The van der Waals surface area contributed by atoms with Gasteiger partial charge in [0.1, 0.15) is 12.7 Å². The first kappa shape index (κ1) is 7.84. The van der Waals surface area contributed by atoms with E-state index in [1.165, 1.54) is 7.11 Å². The topological polar surface area (TPSA) is 58.9 Å². The summed E-state index contributed by atoms with van der Waals surface area (Å²) in [6, 6.07) is 0. The number of hydrogen-bond donors (Lipinski definition) is 2. The van der Waals surface area contributed by atoms with Crippen molar-refractivity contribution in [1.29, 1.82) is 0 Å². The second kappa shape index (κ2) is 4.99. The molecule has 8 heavy (non-hydrogen) atoms. The van der Waals surface area contributed by atoms with Crippen LogP contribution in [0.4, 0.5) is 0 Å². The van der Waals surface area contributed by atoms with Crippen LogP contribution in [0, 0.1) is 0 Å². The van der Waals surface area contributed by atoms with Crippen molar-refractivity contribution in [2.45, 2.75) is 6.10 Å². The Labute approximate surface area is 47.6 Å². The van der Waals surface area contributed by atoms with E-state index in [-0.39, 0.29) is 13.2 Å². The Morgan fingerprint density at radius 3 is 2.62 bits per heavy atom. The highest BCUT2D eigenvalue weighted by Crippen LogP contribution is 1.81. The van der Waals surface area contributed by atoms with E-state index in [2.05, 4.69) is 9.78 Å². The molecule has 0 aliphatic rings. The van der Waals surface area contributed by atoms with Crippen molar-refractivity contribution >= 4 is 0 Å². The lowest BCUT2D eigenvalue weighted by Crippen LogP contribution is -2.18. The molecular weight excluding hydrogens is 112 g/mol. The lowest BCUT2D eigenvalue weighted by molar-refractivity contribution is -0.285. The van der Waals surface area contributed by atoms with Gasteiger partial charge in [-0.2, -0.15) is 0 Å². The first-order valence-electron chi connectivity index (χ1n) is 2.25. The monoisotopic (exact) mass is 122 g/mol. The lowest BCUT2D eigenvalue weighted by Gasteiger charge is -2.03. The summed E-state index contributed by atoms with van der Waals surface area (Å²) in [5.74, 6) is 0. The fourth-order valence-corrected chi connectivity index (χ4v) is 0.199. The molecule has 1 atom stereocenters. The third-order valence-corrected chi connectivity index (χ3v) is 0.589. The van der Waals surface area contributed by atoms with Crippen LogP contribution in [-0.4, -0.2) is 36.6 Å². The van der Waals surface area contributed by atoms with Gasteiger partial charge < -0.3 is 10.2 Å². The molecule has 0 saturated carbocycles. The van der Waals surface area contributed by atoms with Crippen molar-refractivity contribution in [1.82, 2.24) is 0 Å². The Morgan fingerprint density at radius 1 is 1.62 bits per heavy atom. The smallest absolute Gasteiger partial charge is 0.110 e. The minimum atomic E-state index is -0.838. The van der Waals surface area contributed by atoms with Gasteiger partial charge in [0.2, 0.25) is 0 Å². The van der Waals surface area contributed by atoms with Crippen molar-refractivity contribution < 1.29 is 20.0 Å². The highest BCUT2D eigenvalue weighted by Gasteiger charge is 1.99. The molecule has 50 valence electrons. The molecule has 0 rings (SSSR count). The van der Waals surface area contributed by atoms with Gasteiger partial charge in [0.25, 0.3) is 0 Å². The van der Waals surface area contributed by atoms with E-state index in [4.69, 9.17) is 10.2 Å². The zero-order valence-electron chi connectivity index (χ0n) is 4.70. The quantitative estimate of drug-likeness (QED) is 0.368. The molecule has 0 fully saturated rings. The maximum Gasteiger partial charge on any atom is 0.110 e. The summed E-state index contributed by atoms with van der Waals surface area (Å²) in [6.07, 6.45) is -0.838. The minimum absolute atomic E-state index is 0.00694. The second-order valence-electron chi connectivity index (χ2n) is 1.29. The van der Waals surface area contributed by atoms with Gasteiger partial charge in [0.05, 0.1) is 13.7 Å². The normalized spacial score (nSPS) is 13.9. The van der Waals surface area contributed by atoms with Gasteiger partial charge >= 0.3 is 0 Å². The summed E-state index contributed by atoms with van der Waals surface area (Å²) in [4.78, 5) is 8.42. The molecule has 0 aromatic rings. The van der Waals surface area contributed by atoms with Crippen LogP contribution >= 0.6 is 0 Å². The van der Waals surface area contributed by atoms with Gasteiger partial charge in [-0.25, -0.2) is 9.78 Å². The molecule has 0 amide bonds. The van der Waals surface area contributed by atoms with Crippen LogP contribution in [0.5, 0.6) is 0 Å². The Balaban J connectivity index is 2.86. The second-order valence-corrected chi connectivity index (χ2v) is 1.29. The molecule has 0 aromatic carbocycles. The van der Waals surface area contributed by atoms with E-state index in [0.717, 1.165) is 0 Å². The number of hydrogen-bond acceptors (Lipinski definition) is 4. The van der Waals surface area contributed by atoms with Gasteiger partial charge in [-0.05, 0) is 0 Å². The summed E-state index contributed by atoms with van der Waals surface area (Å²) < 4.78 is 0. The van der Waals surface area contributed by atoms with Gasteiger partial charge in [-0.3, -0.25) is 0 Å². The predicted molar refractivity (Wildman–Crippen MR) is 26.1 cm³/mol. The van der Waals surface area contributed by atoms with Gasteiger partial charge in [0.15, 0.2) is 0 Å². The van der Waals surface area contributed by atoms with E-state index in [0.29, 0.717) is 0 Å². The largest absolute Gasteiger partial charge is 0.394 e. The Kier molecular flexibility index (Phi) is 4.89. The van der Waals surface area contributed by atoms with Crippen molar-refractivity contribution in [3.63, 3.8) is 0 Å². The highest BCUT2D eigenvalue weighted by molar-refractivity contribution is 4.45. The molecule has 0 spiro atoms. The maximum absolute atomic E-state index is 8.53. The van der Waals surface area contributed by atoms with Crippen molar-refractivity contribution in [3.8, 4) is 0 Å². The molecule has 0 aromatic heterocycles. The van der Waals surface area contributed by atoms with Gasteiger partial charge in [-0.1, -0.05) is 0 Å². The molecule has 0 saturated heterocycles. The number of aliphatic hydroxyl groups is 2. The summed E-state index contributed by atoms with van der Waals surface area (Å²) in [5.41, 5.74) is 0. The molecule has 0 bridgehead atoms. The zero-order chi connectivity index (χ0) is 6.41. The minimum Gasteiger partial charge on any atom is -0.394 e. The van der Waals surface area contributed by atoms with Gasteiger partial charge in [0, 0.05) is 0 Å². The molecule has 0 heterocycles. The van der Waals surface area contributed by atoms with Crippen LogP contribution in [0.25, 0.3) is 0 Å². The van der Waals surface area contributed by atoms with E-state index in [1.54, 1.807) is 0 Å². The molecule has 4 heteroatoms. The fraction of sp³-hybridized carbons (Fsp3) is 1.00. The van der Waals surface area contributed by atoms with Crippen LogP contribution < -0.4 is 0 Å². The van der Waals surface area contributed by atoms with Gasteiger partial charge in [-0.15, -0.1) is 0 Å². The van der Waals surface area contributed by atoms with Crippen molar-refractivity contribution in [3.05, 3.63) is 0 Å². The Morgan fingerprint density at radius 2 is 2.25 bits per heavy atom. The molecule has 1 unspecified atom stereocenters. The number of rotatable bonds is 4. The average Bonchev–Trinajstić information content (AvgIpc) is 1.83. The van der Waals surface area contributed by atoms with E-state index in [9.17, 15) is 0 Å². The summed E-state index contributed by atoms with van der Waals surface area (Å²) >= 11 is 0. The Hall–Kier alpha value is -0.160. The van der Waals surface area contributed by atoms with Crippen molar-refractivity contribution in [2.75, 3.05) is 20.3 Å². The third-order valence-electron chi connectivity index (χ3n) is 0.589. The summed E-state index contributed by atoms with van der Waals surface area (Å²) in [6.45, 7) is -0.295. The molecule has 0 aliphatic carbocycles. The predicted octanol–water partition coefficient (Wildman–Crippen LogP) is -1.08. The molecule has 4 nitrogen and oxygen atoms in total. The van der Waals surface area contributed by atoms with Crippen LogP contribution in [-0.2, 0) is 9.78 Å². The maximum atomic E-state index is 8.53. The van der Waals surface area contributed by atoms with E-state index in [1.807, 2.05) is 0 Å². The SMILES string of the molecule is COOCC(O)CO. The van der Waals surface area contributed by atoms with Crippen LogP contribution in [0.15, 0.2) is 0 Å². The highest BCUT2D eigenvalue weighted by atomic mass is 17.2. The molecule has 0 radical (unpaired) electrons. The zero-order valence-corrected chi connectivity index (χ0v) is 4.70. The number of aliphatic hydroxyl groups excluding tert-OH is 2. The van der Waals surface area contributed by atoms with Crippen LogP contribution in [0.2, 0.25) is 0 Å². The van der Waals surface area contributed by atoms with Crippen LogP contribution in [0.3, 0.4) is 0 Å². The summed E-state index contributed by atoms with van der Waals surface area (Å²) in [7, 11) is 1.34. The standard InChI is InChI=1S/C4H10O4/c1-7-8-3-4(6)2-5/h4-6H,2-3H2,1H3. The average molecular weight is 122 g/mol. The lowest BCUT2D eigenvalue weighted by atomic mass is 10.4. The van der Waals surface area contributed by atoms with E-state index < -0.39 is 6.10 Å². The van der Waals surface area contributed by atoms with Crippen LogP contribution in [0.1, 0.15) is 0 Å². The molecule has 0 aliphatic heterocycles. The van der Waals surface area contributed by atoms with E-state index >= 15 is 0 Å². The summed E-state index contributed by atoms with van der Waals surface area (Å²) in [5, 5.41) is 16.7. The Bertz CT molecular complexity index is 47.3. The molecule has 2 N–H and O–H groups in total.